The number of thiol groups is 1. The van der Waals surface area contributed by atoms with Crippen LogP contribution in [0.4, 0.5) is 0 Å². The number of benzene rings is 2. The minimum absolute atomic E-state index is 0.932. The Kier molecular flexibility index (Phi) is 4.77. The Balaban J connectivity index is 1.83. The van der Waals surface area contributed by atoms with Gasteiger partial charge in [-0.15, -0.1) is 0 Å². The van der Waals surface area contributed by atoms with Gasteiger partial charge in [0.05, 0.1) is 6.42 Å². The Bertz CT molecular complexity index is 463. The zero-order valence-corrected chi connectivity index (χ0v) is 11.3. The van der Waals surface area contributed by atoms with Crippen LogP contribution in [0.1, 0.15) is 11.1 Å². The minimum atomic E-state index is 0.932. The summed E-state index contributed by atoms with van der Waals surface area (Å²) in [7, 11) is 0. The highest BCUT2D eigenvalue weighted by atomic mass is 32.2. The number of hydrogen-bond donors (Lipinski definition) is 0. The van der Waals surface area contributed by atoms with E-state index in [1.165, 1.54) is 15.3 Å². The maximum absolute atomic E-state index is 4.55. The van der Waals surface area contributed by atoms with Crippen molar-refractivity contribution in [3.8, 4) is 0 Å². The third-order valence-corrected chi connectivity index (χ3v) is 3.95. The number of hydrogen-bond acceptors (Lipinski definition) is 1. The van der Waals surface area contributed by atoms with Crippen LogP contribution < -0.4 is 0 Å². The van der Waals surface area contributed by atoms with Gasteiger partial charge in [0.2, 0.25) is 4.20 Å². The van der Waals surface area contributed by atoms with Crippen LogP contribution in [0.15, 0.2) is 60.7 Å². The molecule has 0 N–H and O–H groups in total. The van der Waals surface area contributed by atoms with Gasteiger partial charge in [-0.3, -0.25) is 0 Å². The molecule has 86 valence electrons. The van der Waals surface area contributed by atoms with E-state index in [1.807, 2.05) is 12.1 Å². The summed E-state index contributed by atoms with van der Waals surface area (Å²) in [5.41, 5.74) is 2.66. The quantitative estimate of drug-likeness (QED) is 0.459. The lowest BCUT2D eigenvalue weighted by Crippen LogP contribution is -1.97. The lowest BCUT2D eigenvalue weighted by molar-refractivity contribution is 1.37. The molecule has 0 atom stereocenters. The fourth-order valence-electron chi connectivity index (χ4n) is 1.56. The second-order valence-electron chi connectivity index (χ2n) is 3.83. The summed E-state index contributed by atoms with van der Waals surface area (Å²) in [6.07, 6.45) is 0.932. The normalized spacial score (nSPS) is 10.1. The van der Waals surface area contributed by atoms with E-state index in [9.17, 15) is 0 Å². The van der Waals surface area contributed by atoms with Crippen molar-refractivity contribution in [1.29, 1.82) is 0 Å². The molecule has 0 saturated heterocycles. The van der Waals surface area contributed by atoms with E-state index in [0.717, 1.165) is 12.2 Å². The van der Waals surface area contributed by atoms with Crippen LogP contribution in [0.2, 0.25) is 0 Å². The van der Waals surface area contributed by atoms with Gasteiger partial charge in [-0.05, 0) is 11.1 Å². The van der Waals surface area contributed by atoms with Crippen molar-refractivity contribution >= 4 is 28.2 Å². The van der Waals surface area contributed by atoms with Gasteiger partial charge < -0.3 is 0 Å². The Hall–Kier alpha value is -1.12. The van der Waals surface area contributed by atoms with Crippen molar-refractivity contribution in [2.75, 3.05) is 0 Å². The maximum atomic E-state index is 4.55. The third kappa shape index (κ3) is 4.33. The zero-order chi connectivity index (χ0) is 11.9. The van der Waals surface area contributed by atoms with E-state index in [4.69, 9.17) is 0 Å². The molecule has 0 amide bonds. The van der Waals surface area contributed by atoms with Gasteiger partial charge in [-0.1, -0.05) is 72.4 Å². The van der Waals surface area contributed by atoms with Crippen molar-refractivity contribution in [2.45, 2.75) is 12.2 Å². The third-order valence-electron chi connectivity index (χ3n) is 2.45. The monoisotopic (exact) mass is 259 g/mol. The zero-order valence-electron chi connectivity index (χ0n) is 9.54. The average Bonchev–Trinajstić information content (AvgIpc) is 2.39. The molecule has 0 nitrogen and oxygen atoms in total. The molecule has 0 unspecified atom stereocenters. The molecule has 0 heterocycles. The summed E-state index contributed by atoms with van der Waals surface area (Å²) in [5.74, 6) is 0.993. The first-order chi connectivity index (χ1) is 8.34. The van der Waals surface area contributed by atoms with Gasteiger partial charge >= 0.3 is 0 Å². The van der Waals surface area contributed by atoms with E-state index in [1.54, 1.807) is 11.8 Å². The van der Waals surface area contributed by atoms with E-state index in [2.05, 4.69) is 60.7 Å². The standard InChI is InChI=1S/C15H14S2/c16-15(11-13-7-3-1-4-8-13)17-12-14-9-5-2-6-10-14/h1-10H,11-12H2/p+1. The molecule has 0 aliphatic rings. The summed E-state index contributed by atoms with van der Waals surface area (Å²) >= 11 is 6.36. The van der Waals surface area contributed by atoms with Gasteiger partial charge in [0.25, 0.3) is 0 Å². The second-order valence-corrected chi connectivity index (χ2v) is 5.74. The van der Waals surface area contributed by atoms with E-state index >= 15 is 0 Å². The van der Waals surface area contributed by atoms with Crippen molar-refractivity contribution in [2.24, 2.45) is 0 Å². The minimum Gasteiger partial charge on any atom is -0.0649 e. The average molecular weight is 259 g/mol. The fourth-order valence-corrected chi connectivity index (χ4v) is 2.73. The Morgan fingerprint density at radius 1 is 0.824 bits per heavy atom. The highest BCUT2D eigenvalue weighted by Gasteiger charge is 2.07. The van der Waals surface area contributed by atoms with Gasteiger partial charge in [-0.2, -0.15) is 0 Å². The van der Waals surface area contributed by atoms with Crippen LogP contribution in [0.3, 0.4) is 0 Å². The summed E-state index contributed by atoms with van der Waals surface area (Å²) in [6.45, 7) is 0. The molecular formula is C15H15S2+. The first-order valence-corrected chi connectivity index (χ1v) is 7.03. The first-order valence-electron chi connectivity index (χ1n) is 5.60. The van der Waals surface area contributed by atoms with Gasteiger partial charge in [0.15, 0.2) is 12.2 Å². The molecule has 0 fully saturated rings. The van der Waals surface area contributed by atoms with Gasteiger partial charge in [0.1, 0.15) is 0 Å². The Morgan fingerprint density at radius 3 is 1.94 bits per heavy atom. The van der Waals surface area contributed by atoms with Crippen LogP contribution in [0.5, 0.6) is 0 Å². The van der Waals surface area contributed by atoms with Crippen LogP contribution in [-0.2, 0) is 24.4 Å². The highest BCUT2D eigenvalue weighted by Crippen LogP contribution is 2.15. The van der Waals surface area contributed by atoms with Gasteiger partial charge in [0, 0.05) is 5.75 Å². The SMILES string of the molecule is [SH+]=C(Cc1ccccc1)SCc1ccccc1. The summed E-state index contributed by atoms with van der Waals surface area (Å²) in [4.78, 5) is 0. The molecule has 17 heavy (non-hydrogen) atoms. The molecule has 0 aliphatic carbocycles. The molecule has 0 aliphatic heterocycles. The molecule has 2 rings (SSSR count). The first kappa shape index (κ1) is 12.3. The second kappa shape index (κ2) is 6.58. The lowest BCUT2D eigenvalue weighted by atomic mass is 10.2. The van der Waals surface area contributed by atoms with E-state index in [0.29, 0.717) is 0 Å². The Morgan fingerprint density at radius 2 is 1.35 bits per heavy atom. The molecule has 0 radical (unpaired) electrons. The lowest BCUT2D eigenvalue weighted by Gasteiger charge is -1.99. The number of rotatable bonds is 4. The maximum Gasteiger partial charge on any atom is 0.236 e. The predicted molar refractivity (Wildman–Crippen MR) is 81.7 cm³/mol. The van der Waals surface area contributed by atoms with Crippen LogP contribution >= 0.6 is 11.8 Å². The molecule has 2 aromatic rings. The molecule has 2 aromatic carbocycles. The number of thioether (sulfide) groups is 1. The largest absolute Gasteiger partial charge is 0.236 e. The topological polar surface area (TPSA) is 0 Å². The predicted octanol–water partition coefficient (Wildman–Crippen LogP) is 3.57. The smallest absolute Gasteiger partial charge is 0.0649 e. The van der Waals surface area contributed by atoms with Crippen molar-refractivity contribution < 1.29 is 0 Å². The molecular weight excluding hydrogens is 244 g/mol. The van der Waals surface area contributed by atoms with Crippen LogP contribution in [0, 0.1) is 0 Å². The van der Waals surface area contributed by atoms with Crippen LogP contribution in [-0.4, -0.2) is 4.20 Å². The highest BCUT2D eigenvalue weighted by molar-refractivity contribution is 8.19. The molecule has 0 aromatic heterocycles. The molecule has 0 spiro atoms. The fraction of sp³-hybridized carbons (Fsp3) is 0.133. The molecule has 2 heteroatoms. The molecule has 0 saturated carbocycles. The Labute approximate surface area is 112 Å². The van der Waals surface area contributed by atoms with Crippen molar-refractivity contribution in [3.05, 3.63) is 71.8 Å². The molecule has 0 bridgehead atoms. The van der Waals surface area contributed by atoms with Crippen molar-refractivity contribution in [3.63, 3.8) is 0 Å². The van der Waals surface area contributed by atoms with E-state index < -0.39 is 0 Å². The van der Waals surface area contributed by atoms with Gasteiger partial charge in [-0.25, -0.2) is 0 Å². The van der Waals surface area contributed by atoms with Crippen molar-refractivity contribution in [1.82, 2.24) is 0 Å². The van der Waals surface area contributed by atoms with Crippen LogP contribution in [0.25, 0.3) is 0 Å². The van der Waals surface area contributed by atoms with E-state index in [-0.39, 0.29) is 0 Å². The summed E-state index contributed by atoms with van der Waals surface area (Å²) in [5, 5.41) is 0. The summed E-state index contributed by atoms with van der Waals surface area (Å²) in [6, 6.07) is 20.9. The summed E-state index contributed by atoms with van der Waals surface area (Å²) < 4.78 is 1.17.